The maximum absolute atomic E-state index is 11.6. The Kier molecular flexibility index (Phi) is 1.71. The third kappa shape index (κ3) is 1.20. The number of fused-ring (bicyclic) bond motifs is 1. The number of hydrogen-bond donors (Lipinski definition) is 0. The second-order valence-corrected chi connectivity index (χ2v) is 3.65. The second-order valence-electron chi connectivity index (χ2n) is 3.65. The summed E-state index contributed by atoms with van der Waals surface area (Å²) in [4.78, 5) is 16.8. The highest BCUT2D eigenvalue weighted by Crippen LogP contribution is 2.29. The number of rotatable bonds is 1. The van der Waals surface area contributed by atoms with Crippen LogP contribution in [0.2, 0.25) is 0 Å². The average Bonchev–Trinajstić information content (AvgIpc) is 2.84. The lowest BCUT2D eigenvalue weighted by atomic mass is 9.93. The van der Waals surface area contributed by atoms with Crippen LogP contribution in [0.4, 0.5) is 0 Å². The lowest BCUT2D eigenvalue weighted by Crippen LogP contribution is -2.24. The van der Waals surface area contributed by atoms with E-state index in [0.29, 0.717) is 0 Å². The van der Waals surface area contributed by atoms with Gasteiger partial charge in [-0.15, -0.1) is 0 Å². The monoisotopic (exact) mass is 199 g/mol. The Morgan fingerprint density at radius 1 is 1.20 bits per heavy atom. The Labute approximate surface area is 87.0 Å². The zero-order valence-electron chi connectivity index (χ0n) is 7.96. The maximum atomic E-state index is 11.6. The number of benzene rings is 1. The van der Waals surface area contributed by atoms with E-state index < -0.39 is 0 Å². The predicted molar refractivity (Wildman–Crippen MR) is 55.5 cm³/mol. The molecule has 0 saturated heterocycles. The molecule has 2 atom stereocenters. The van der Waals surface area contributed by atoms with Gasteiger partial charge in [0, 0.05) is 5.56 Å². The molecule has 0 amide bonds. The van der Waals surface area contributed by atoms with E-state index in [1.165, 1.54) is 0 Å². The summed E-state index contributed by atoms with van der Waals surface area (Å²) in [5.74, 6) is -0.146. The second kappa shape index (κ2) is 3.05. The van der Waals surface area contributed by atoms with Gasteiger partial charge in [-0.1, -0.05) is 35.5 Å². The number of carbonyl (C=O) groups excluding carboxylic acids is 1. The Morgan fingerprint density at radius 2 is 2.00 bits per heavy atom. The fraction of sp³-hybridized carbons (Fsp3) is 0.167. The lowest BCUT2D eigenvalue weighted by molar-refractivity contribution is -0.116. The Morgan fingerprint density at radius 3 is 2.80 bits per heavy atom. The summed E-state index contributed by atoms with van der Waals surface area (Å²) in [6.45, 7) is 0. The Bertz CT molecular complexity index is 462. The molecule has 0 aromatic heterocycles. The molecule has 1 aromatic carbocycles. The van der Waals surface area contributed by atoms with Crippen molar-refractivity contribution >= 4 is 11.5 Å². The fourth-order valence-corrected chi connectivity index (χ4v) is 1.97. The van der Waals surface area contributed by atoms with Crippen molar-refractivity contribution in [3.05, 3.63) is 48.0 Å². The van der Waals surface area contributed by atoms with E-state index in [0.717, 1.165) is 11.3 Å². The van der Waals surface area contributed by atoms with Crippen molar-refractivity contribution in [2.75, 3.05) is 0 Å². The molecule has 15 heavy (non-hydrogen) atoms. The van der Waals surface area contributed by atoms with E-state index >= 15 is 0 Å². The van der Waals surface area contributed by atoms with Crippen molar-refractivity contribution < 1.29 is 9.63 Å². The first-order valence-electron chi connectivity index (χ1n) is 4.87. The van der Waals surface area contributed by atoms with Crippen LogP contribution in [-0.2, 0) is 9.63 Å². The number of oxime groups is 1. The zero-order chi connectivity index (χ0) is 10.3. The van der Waals surface area contributed by atoms with Gasteiger partial charge in [0.25, 0.3) is 0 Å². The molecular formula is C12H9NO2. The molecule has 1 aromatic rings. The van der Waals surface area contributed by atoms with Crippen molar-refractivity contribution in [2.45, 2.75) is 6.10 Å². The van der Waals surface area contributed by atoms with Crippen molar-refractivity contribution in [3.8, 4) is 0 Å². The summed E-state index contributed by atoms with van der Waals surface area (Å²) in [7, 11) is 0. The van der Waals surface area contributed by atoms with Crippen LogP contribution in [0.3, 0.4) is 0 Å². The SMILES string of the molecule is O=C1C=C[C@H]2ON=C(c3ccccc3)[C@@H]12. The van der Waals surface area contributed by atoms with Crippen molar-refractivity contribution in [3.63, 3.8) is 0 Å². The first kappa shape index (κ1) is 8.41. The summed E-state index contributed by atoms with van der Waals surface area (Å²) >= 11 is 0. The molecule has 0 bridgehead atoms. The van der Waals surface area contributed by atoms with Crippen LogP contribution in [0.15, 0.2) is 47.6 Å². The minimum atomic E-state index is -0.229. The lowest BCUT2D eigenvalue weighted by Gasteiger charge is -2.07. The van der Waals surface area contributed by atoms with Gasteiger partial charge in [-0.3, -0.25) is 4.79 Å². The number of allylic oxidation sites excluding steroid dienone is 1. The molecule has 1 aliphatic carbocycles. The predicted octanol–water partition coefficient (Wildman–Crippen LogP) is 1.54. The molecule has 3 rings (SSSR count). The minimum Gasteiger partial charge on any atom is -0.387 e. The first-order valence-corrected chi connectivity index (χ1v) is 4.87. The molecular weight excluding hydrogens is 190 g/mol. The van der Waals surface area contributed by atoms with Crippen molar-refractivity contribution in [2.24, 2.45) is 11.1 Å². The van der Waals surface area contributed by atoms with Gasteiger partial charge < -0.3 is 4.84 Å². The van der Waals surface area contributed by atoms with Crippen LogP contribution in [0, 0.1) is 5.92 Å². The zero-order valence-corrected chi connectivity index (χ0v) is 7.96. The molecule has 0 N–H and O–H groups in total. The highest BCUT2D eigenvalue weighted by Gasteiger charge is 2.41. The summed E-state index contributed by atoms with van der Waals surface area (Å²) in [5.41, 5.74) is 1.71. The van der Waals surface area contributed by atoms with Gasteiger partial charge in [0.1, 0.15) is 11.6 Å². The molecule has 2 aliphatic rings. The summed E-state index contributed by atoms with van der Waals surface area (Å²) in [6.07, 6.45) is 3.16. The van der Waals surface area contributed by atoms with E-state index in [1.807, 2.05) is 30.3 Å². The van der Waals surface area contributed by atoms with Gasteiger partial charge in [0.05, 0.1) is 0 Å². The van der Waals surface area contributed by atoms with Gasteiger partial charge in [-0.25, -0.2) is 0 Å². The van der Waals surface area contributed by atoms with Gasteiger partial charge in [0.2, 0.25) is 0 Å². The largest absolute Gasteiger partial charge is 0.387 e. The number of ketones is 1. The summed E-state index contributed by atoms with van der Waals surface area (Å²) < 4.78 is 0. The van der Waals surface area contributed by atoms with Crippen LogP contribution in [0.5, 0.6) is 0 Å². The Balaban J connectivity index is 1.99. The fourth-order valence-electron chi connectivity index (χ4n) is 1.97. The minimum absolute atomic E-state index is 0.0834. The highest BCUT2D eigenvalue weighted by molar-refractivity contribution is 6.18. The third-order valence-electron chi connectivity index (χ3n) is 2.72. The molecule has 0 radical (unpaired) electrons. The normalized spacial score (nSPS) is 27.5. The molecule has 74 valence electrons. The van der Waals surface area contributed by atoms with Gasteiger partial charge >= 0.3 is 0 Å². The van der Waals surface area contributed by atoms with Crippen LogP contribution in [0.25, 0.3) is 0 Å². The number of hydrogen-bond acceptors (Lipinski definition) is 3. The van der Waals surface area contributed by atoms with Crippen LogP contribution < -0.4 is 0 Å². The molecule has 1 aliphatic heterocycles. The van der Waals surface area contributed by atoms with Crippen molar-refractivity contribution in [1.82, 2.24) is 0 Å². The quantitative estimate of drug-likeness (QED) is 0.688. The van der Waals surface area contributed by atoms with Crippen LogP contribution in [0.1, 0.15) is 5.56 Å². The van der Waals surface area contributed by atoms with E-state index in [-0.39, 0.29) is 17.8 Å². The molecule has 3 heteroatoms. The van der Waals surface area contributed by atoms with Gasteiger partial charge in [-0.2, -0.15) is 0 Å². The van der Waals surface area contributed by atoms with Gasteiger partial charge in [-0.05, 0) is 12.2 Å². The van der Waals surface area contributed by atoms with Crippen LogP contribution >= 0.6 is 0 Å². The maximum Gasteiger partial charge on any atom is 0.168 e. The van der Waals surface area contributed by atoms with Gasteiger partial charge in [0.15, 0.2) is 11.9 Å². The molecule has 0 saturated carbocycles. The molecule has 1 heterocycles. The number of carbonyl (C=O) groups is 1. The average molecular weight is 199 g/mol. The van der Waals surface area contributed by atoms with Crippen LogP contribution in [-0.4, -0.2) is 17.6 Å². The number of nitrogens with zero attached hydrogens (tertiary/aromatic N) is 1. The van der Waals surface area contributed by atoms with E-state index in [1.54, 1.807) is 12.2 Å². The molecule has 0 unspecified atom stereocenters. The van der Waals surface area contributed by atoms with E-state index in [4.69, 9.17) is 4.84 Å². The molecule has 0 fully saturated rings. The highest BCUT2D eigenvalue weighted by atomic mass is 16.6. The summed E-state index contributed by atoms with van der Waals surface area (Å²) in [5, 5.41) is 3.99. The molecule has 3 nitrogen and oxygen atoms in total. The Hall–Kier alpha value is -1.90. The molecule has 0 spiro atoms. The van der Waals surface area contributed by atoms with E-state index in [9.17, 15) is 4.79 Å². The smallest absolute Gasteiger partial charge is 0.168 e. The third-order valence-corrected chi connectivity index (χ3v) is 2.72. The van der Waals surface area contributed by atoms with E-state index in [2.05, 4.69) is 5.16 Å². The first-order chi connectivity index (χ1) is 7.36. The standard InChI is InChI=1S/C12H9NO2/c14-9-6-7-10-11(9)12(13-15-10)8-4-2-1-3-5-8/h1-7,10-11H/t10-,11+/m1/s1. The van der Waals surface area contributed by atoms with Crippen molar-refractivity contribution in [1.29, 1.82) is 0 Å². The topological polar surface area (TPSA) is 38.7 Å². The summed E-state index contributed by atoms with van der Waals surface area (Å²) in [6, 6.07) is 9.68.